The Morgan fingerprint density at radius 1 is 0.345 bits per heavy atom. The molecule has 0 heterocycles. The fraction of sp³-hybridized carbons (Fsp3) is 0.860. The molecule has 0 bridgehead atoms. The normalized spacial score (nSPS) is 7.74. The van der Waals surface area contributed by atoms with E-state index in [9.17, 15) is 38.7 Å². The molecule has 0 rings (SSSR count). The van der Waals surface area contributed by atoms with Gasteiger partial charge in [0.1, 0.15) is 40.5 Å². The summed E-state index contributed by atoms with van der Waals surface area (Å²) in [7, 11) is 0. The number of carbonyl (C=O) groups is 7. The Labute approximate surface area is 377 Å². The lowest BCUT2D eigenvalue weighted by Gasteiger charge is -2.19. The molecule has 58 heavy (non-hydrogen) atoms. The van der Waals surface area contributed by atoms with Crippen molar-refractivity contribution in [1.82, 2.24) is 0 Å². The Balaban J connectivity index is -0.0000000115. The zero-order valence-electron chi connectivity index (χ0n) is 30.2. The van der Waals surface area contributed by atoms with Gasteiger partial charge in [-0.25, -0.2) is 0 Å². The first-order valence-electron chi connectivity index (χ1n) is 15.3. The molecule has 0 saturated heterocycles. The third kappa shape index (κ3) is 266. The van der Waals surface area contributed by atoms with E-state index in [0.29, 0.717) is 38.5 Å². The van der Waals surface area contributed by atoms with Crippen LogP contribution in [0.2, 0.25) is 0 Å². The van der Waals surface area contributed by atoms with Crippen molar-refractivity contribution in [2.75, 3.05) is 0 Å². The Hall–Kier alpha value is -2.35. The second-order valence-corrected chi connectivity index (χ2v) is 10.0. The highest BCUT2D eigenvalue weighted by Crippen LogP contribution is 2.17. The first kappa shape index (κ1) is 156. The standard InChI is InChI=1S/C10H20O2.6C4H8O.16CH4/c1-5-10(12)8(3)6-7(2)9(4)11;6*1-3-4(2)5;;;;;;;;;;;;;;;;/h7-8,10,12H,5-6H2,1-4H3;6*3H2,1-2H3;16*1H4. The van der Waals surface area contributed by atoms with Gasteiger partial charge in [0, 0.05) is 44.4 Å². The number of hydrogen-bond acceptors (Lipinski definition) is 8. The highest BCUT2D eigenvalue weighted by atomic mass is 16.3. The number of ketones is 7. The summed E-state index contributed by atoms with van der Waals surface area (Å²) in [6.07, 6.45) is 5.31. The van der Waals surface area contributed by atoms with Gasteiger partial charge in [-0.1, -0.05) is 181 Å². The van der Waals surface area contributed by atoms with Crippen LogP contribution in [0, 0.1) is 11.8 Å². The molecule has 3 unspecified atom stereocenters. The van der Waals surface area contributed by atoms with E-state index in [1.807, 2.05) is 62.3 Å². The highest BCUT2D eigenvalue weighted by molar-refractivity contribution is 5.78. The van der Waals surface area contributed by atoms with Gasteiger partial charge < -0.3 is 33.9 Å². The molecule has 0 amide bonds. The van der Waals surface area contributed by atoms with Gasteiger partial charge >= 0.3 is 0 Å². The lowest BCUT2D eigenvalue weighted by atomic mass is 9.90. The minimum Gasteiger partial charge on any atom is -0.393 e. The lowest BCUT2D eigenvalue weighted by molar-refractivity contribution is -0.121. The molecule has 8 nitrogen and oxygen atoms in total. The van der Waals surface area contributed by atoms with Crippen LogP contribution in [0.5, 0.6) is 0 Å². The summed E-state index contributed by atoms with van der Waals surface area (Å²) in [5.41, 5.74) is 0. The molecular weight excluding hydrogens is 729 g/mol. The predicted molar refractivity (Wildman–Crippen MR) is 283 cm³/mol. The highest BCUT2D eigenvalue weighted by Gasteiger charge is 2.17. The van der Waals surface area contributed by atoms with Gasteiger partial charge in [-0.2, -0.15) is 0 Å². The number of aliphatic hydroxyl groups is 1. The molecule has 8 heteroatoms. The Morgan fingerprint density at radius 2 is 0.466 bits per heavy atom. The number of carbonyl (C=O) groups excluding carboxylic acids is 7. The molecule has 0 saturated carbocycles. The monoisotopic (exact) mass is 861 g/mol. The zero-order valence-corrected chi connectivity index (χ0v) is 30.2. The molecule has 0 aliphatic carbocycles. The maximum atomic E-state index is 10.9. The van der Waals surface area contributed by atoms with Crippen molar-refractivity contribution in [1.29, 1.82) is 0 Å². The number of Topliss-reactive ketones (excluding diaryl/α,β-unsaturated/α-hetero) is 7. The largest absolute Gasteiger partial charge is 0.393 e. The summed E-state index contributed by atoms with van der Waals surface area (Å²) in [6, 6.07) is 0. The zero-order chi connectivity index (χ0) is 35.4. The van der Waals surface area contributed by atoms with Crippen LogP contribution in [0.25, 0.3) is 0 Å². The maximum Gasteiger partial charge on any atom is 0.132 e. The van der Waals surface area contributed by atoms with E-state index >= 15 is 0 Å². The minimum absolute atomic E-state index is 0. The summed E-state index contributed by atoms with van der Waals surface area (Å²) in [5, 5.41) is 9.45. The van der Waals surface area contributed by atoms with Crippen LogP contribution in [0.1, 0.15) is 281 Å². The van der Waals surface area contributed by atoms with Gasteiger partial charge in [0.05, 0.1) is 6.10 Å². The summed E-state index contributed by atoms with van der Waals surface area (Å²) in [6.45, 7) is 28.1. The van der Waals surface area contributed by atoms with Crippen molar-refractivity contribution >= 4 is 40.5 Å². The maximum absolute atomic E-state index is 10.9. The molecule has 3 atom stereocenters. The van der Waals surface area contributed by atoms with Crippen molar-refractivity contribution in [2.45, 2.75) is 287 Å². The summed E-state index contributed by atoms with van der Waals surface area (Å²) < 4.78 is 0. The predicted octanol–water partition coefficient (Wildman–Crippen LogP) is 18.1. The van der Waals surface area contributed by atoms with Crippen LogP contribution in [0.4, 0.5) is 0 Å². The Kier molecular flexibility index (Phi) is 333. The van der Waals surface area contributed by atoms with E-state index in [4.69, 9.17) is 0 Å². The smallest absolute Gasteiger partial charge is 0.132 e. The average Bonchev–Trinajstić information content (AvgIpc) is 2.93. The van der Waals surface area contributed by atoms with Gasteiger partial charge in [0.15, 0.2) is 0 Å². The first-order chi connectivity index (χ1) is 19.1. The lowest BCUT2D eigenvalue weighted by Crippen LogP contribution is -2.21. The molecular formula is C50H132O8. The van der Waals surface area contributed by atoms with Gasteiger partial charge in [0.2, 0.25) is 0 Å². The molecule has 0 aliphatic heterocycles. The van der Waals surface area contributed by atoms with Crippen LogP contribution >= 0.6 is 0 Å². The molecule has 1 N–H and O–H groups in total. The van der Waals surface area contributed by atoms with Crippen molar-refractivity contribution < 1.29 is 38.7 Å². The quantitative estimate of drug-likeness (QED) is 0.217. The van der Waals surface area contributed by atoms with Crippen molar-refractivity contribution in [3.05, 3.63) is 0 Å². The molecule has 0 aromatic rings. The average molecular weight is 862 g/mol. The van der Waals surface area contributed by atoms with E-state index < -0.39 is 0 Å². The number of rotatable bonds is 11. The summed E-state index contributed by atoms with van der Waals surface area (Å²) in [4.78, 5) is 69.8. The Bertz CT molecular complexity index is 591. The van der Waals surface area contributed by atoms with E-state index in [2.05, 4.69) is 0 Å². The van der Waals surface area contributed by atoms with Gasteiger partial charge in [-0.05, 0) is 67.2 Å². The van der Waals surface area contributed by atoms with Crippen LogP contribution in [-0.2, 0) is 33.6 Å². The molecule has 0 radical (unpaired) electrons. The second kappa shape index (κ2) is 124. The molecule has 0 aromatic heterocycles. The van der Waals surface area contributed by atoms with E-state index in [1.54, 1.807) is 48.5 Å². The fourth-order valence-corrected chi connectivity index (χ4v) is 1.28. The third-order valence-corrected chi connectivity index (χ3v) is 5.48. The van der Waals surface area contributed by atoms with Gasteiger partial charge in [0.25, 0.3) is 0 Å². The molecule has 380 valence electrons. The fourth-order valence-electron chi connectivity index (χ4n) is 1.28. The van der Waals surface area contributed by atoms with Crippen LogP contribution in [-0.4, -0.2) is 51.7 Å². The van der Waals surface area contributed by atoms with Gasteiger partial charge in [-0.15, -0.1) is 0 Å². The summed E-state index contributed by atoms with van der Waals surface area (Å²) >= 11 is 0. The molecule has 0 aromatic carbocycles. The number of aliphatic hydroxyl groups excluding tert-OH is 1. The van der Waals surface area contributed by atoms with E-state index in [-0.39, 0.29) is 177 Å². The molecule has 0 spiro atoms. The topological polar surface area (TPSA) is 140 Å². The third-order valence-electron chi connectivity index (χ3n) is 5.48. The van der Waals surface area contributed by atoms with Crippen LogP contribution < -0.4 is 0 Å². The van der Waals surface area contributed by atoms with Crippen LogP contribution in [0.15, 0.2) is 0 Å². The van der Waals surface area contributed by atoms with E-state index in [0.717, 1.165) is 12.8 Å². The van der Waals surface area contributed by atoms with Crippen molar-refractivity contribution in [3.63, 3.8) is 0 Å². The van der Waals surface area contributed by atoms with Crippen molar-refractivity contribution in [2.24, 2.45) is 11.8 Å². The number of hydrogen-bond donors (Lipinski definition) is 1. The van der Waals surface area contributed by atoms with Gasteiger partial charge in [-0.3, -0.25) is 4.79 Å². The van der Waals surface area contributed by atoms with Crippen molar-refractivity contribution in [3.8, 4) is 0 Å². The Morgan fingerprint density at radius 3 is 0.534 bits per heavy atom. The second-order valence-electron chi connectivity index (χ2n) is 10.0. The molecule has 0 fully saturated rings. The minimum atomic E-state index is -0.258. The van der Waals surface area contributed by atoms with E-state index in [1.165, 1.54) is 0 Å². The SMILES string of the molecule is C.C.C.C.C.C.C.C.C.C.C.C.C.C.C.C.CCC(C)=O.CCC(C)=O.CCC(C)=O.CCC(C)=O.CCC(C)=O.CCC(C)=O.CCC(O)C(C)CC(C)C(C)=O. The first-order valence-corrected chi connectivity index (χ1v) is 15.3. The van der Waals surface area contributed by atoms with Crippen LogP contribution in [0.3, 0.4) is 0 Å². The molecule has 0 aliphatic rings. The summed E-state index contributed by atoms with van der Waals surface area (Å²) in [5.74, 6) is 2.06.